The number of aliphatic hydroxyl groups excluding tert-OH is 1. The van der Waals surface area contributed by atoms with Crippen LogP contribution in [0.15, 0.2) is 23.7 Å². The van der Waals surface area contributed by atoms with Crippen LogP contribution < -0.4 is 5.73 Å². The number of nitrogens with zero attached hydrogens (tertiary/aromatic N) is 1. The van der Waals surface area contributed by atoms with Crippen molar-refractivity contribution < 1.29 is 14.4 Å². The smallest absolute Gasteiger partial charge is 0.400 e. The minimum atomic E-state index is -0.473. The Balaban J connectivity index is 2.26. The van der Waals surface area contributed by atoms with E-state index in [9.17, 15) is 0 Å². The topological polar surface area (TPSA) is 77.6 Å². The fourth-order valence-corrected chi connectivity index (χ4v) is 2.07. The molecule has 1 aliphatic rings. The lowest BCUT2D eigenvalue weighted by atomic mass is 9.77. The number of hydrogen-bond donors (Lipinski definition) is 2. The maximum absolute atomic E-state index is 9.14. The zero-order valence-corrected chi connectivity index (χ0v) is 13.1. The first kappa shape index (κ1) is 16.2. The van der Waals surface area contributed by atoms with Gasteiger partial charge in [0.2, 0.25) is 0 Å². The highest BCUT2D eigenvalue weighted by molar-refractivity contribution is 6.55. The van der Waals surface area contributed by atoms with E-state index in [1.807, 2.05) is 45.9 Å². The fraction of sp³-hybridized carbons (Fsp3) is 0.533. The summed E-state index contributed by atoms with van der Waals surface area (Å²) in [4.78, 5) is 4.33. The molecule has 1 saturated heterocycles. The third kappa shape index (κ3) is 3.35. The maximum atomic E-state index is 9.14. The number of aliphatic hydroxyl groups is 1. The van der Waals surface area contributed by atoms with Gasteiger partial charge in [-0.15, -0.1) is 0 Å². The van der Waals surface area contributed by atoms with Crippen LogP contribution in [0, 0.1) is 0 Å². The van der Waals surface area contributed by atoms with Gasteiger partial charge >= 0.3 is 7.12 Å². The van der Waals surface area contributed by atoms with E-state index in [1.54, 1.807) is 6.07 Å². The molecule has 2 rings (SSSR count). The predicted octanol–water partition coefficient (Wildman–Crippen LogP) is 1.55. The van der Waals surface area contributed by atoms with E-state index in [1.165, 1.54) is 0 Å². The first-order valence-electron chi connectivity index (χ1n) is 7.12. The Bertz CT molecular complexity index is 527. The van der Waals surface area contributed by atoms with E-state index in [4.69, 9.17) is 20.1 Å². The van der Waals surface area contributed by atoms with Crippen molar-refractivity contribution in [3.05, 3.63) is 35.1 Å². The summed E-state index contributed by atoms with van der Waals surface area (Å²) >= 11 is 0. The van der Waals surface area contributed by atoms with Crippen LogP contribution in [0.1, 0.15) is 39.1 Å². The molecular weight excluding hydrogens is 267 g/mol. The van der Waals surface area contributed by atoms with Crippen molar-refractivity contribution in [2.24, 2.45) is 5.73 Å². The second-order valence-corrected chi connectivity index (χ2v) is 6.22. The first-order valence-corrected chi connectivity index (χ1v) is 7.12. The van der Waals surface area contributed by atoms with Crippen LogP contribution in [0.3, 0.4) is 0 Å². The van der Waals surface area contributed by atoms with Crippen LogP contribution in [-0.4, -0.2) is 35.0 Å². The molecular formula is C15H23BN2O3. The van der Waals surface area contributed by atoms with Crippen molar-refractivity contribution in [3.63, 3.8) is 0 Å². The number of nitrogens with two attached hydrogens (primary N) is 1. The molecule has 0 atom stereocenters. The van der Waals surface area contributed by atoms with E-state index >= 15 is 0 Å². The molecule has 114 valence electrons. The molecule has 0 radical (unpaired) electrons. The summed E-state index contributed by atoms with van der Waals surface area (Å²) in [5.74, 6) is 0. The molecule has 1 aromatic rings. The Kier molecular flexibility index (Phi) is 4.53. The summed E-state index contributed by atoms with van der Waals surface area (Å²) in [7, 11) is -0.473. The Hall–Kier alpha value is -1.21. The van der Waals surface area contributed by atoms with Crippen LogP contribution in [0.25, 0.3) is 6.08 Å². The van der Waals surface area contributed by atoms with E-state index in [0.717, 1.165) is 11.2 Å². The van der Waals surface area contributed by atoms with E-state index < -0.39 is 18.3 Å². The molecule has 0 amide bonds. The molecule has 1 aromatic heterocycles. The Labute approximate surface area is 126 Å². The molecule has 0 unspecified atom stereocenters. The van der Waals surface area contributed by atoms with Crippen molar-refractivity contribution in [2.75, 3.05) is 6.54 Å². The average molecular weight is 290 g/mol. The van der Waals surface area contributed by atoms with Crippen LogP contribution in [0.2, 0.25) is 0 Å². The lowest BCUT2D eigenvalue weighted by molar-refractivity contribution is 0.00578. The first-order chi connectivity index (χ1) is 9.79. The van der Waals surface area contributed by atoms with Gasteiger partial charge in [-0.1, -0.05) is 6.07 Å². The number of hydrogen-bond acceptors (Lipinski definition) is 5. The average Bonchev–Trinajstić information content (AvgIpc) is 2.65. The standard InChI is InChI=1S/C15H23BN2O3/c1-14(2)15(3,4)21-16(20-14)11(9-17)8-12-6-5-7-13(10-19)18-12/h5-8,19H,9-10,17H2,1-4H3. The third-order valence-corrected chi connectivity index (χ3v) is 4.12. The Morgan fingerprint density at radius 2 is 1.90 bits per heavy atom. The minimum absolute atomic E-state index is 0.0872. The highest BCUT2D eigenvalue weighted by Crippen LogP contribution is 2.38. The normalized spacial score (nSPS) is 20.9. The van der Waals surface area contributed by atoms with Gasteiger partial charge in [0.25, 0.3) is 0 Å². The van der Waals surface area contributed by atoms with Crippen molar-refractivity contribution in [1.29, 1.82) is 0 Å². The minimum Gasteiger partial charge on any atom is -0.400 e. The molecule has 0 aliphatic carbocycles. The van der Waals surface area contributed by atoms with Crippen LogP contribution in [0.4, 0.5) is 0 Å². The van der Waals surface area contributed by atoms with E-state index in [-0.39, 0.29) is 6.61 Å². The largest absolute Gasteiger partial charge is 0.491 e. The maximum Gasteiger partial charge on any atom is 0.491 e. The van der Waals surface area contributed by atoms with Crippen LogP contribution in [0.5, 0.6) is 0 Å². The molecule has 0 bridgehead atoms. The third-order valence-electron chi connectivity index (χ3n) is 4.12. The highest BCUT2D eigenvalue weighted by atomic mass is 16.7. The van der Waals surface area contributed by atoms with Crippen molar-refractivity contribution in [1.82, 2.24) is 4.98 Å². The molecule has 0 saturated carbocycles. The predicted molar refractivity (Wildman–Crippen MR) is 83.3 cm³/mol. The lowest BCUT2D eigenvalue weighted by Gasteiger charge is -2.32. The molecule has 5 nitrogen and oxygen atoms in total. The second kappa shape index (κ2) is 5.89. The molecule has 0 spiro atoms. The number of aromatic nitrogens is 1. The van der Waals surface area contributed by atoms with Gasteiger partial charge in [0.05, 0.1) is 29.2 Å². The van der Waals surface area contributed by atoms with Crippen molar-refractivity contribution in [2.45, 2.75) is 45.5 Å². The van der Waals surface area contributed by atoms with Crippen molar-refractivity contribution >= 4 is 13.2 Å². The van der Waals surface area contributed by atoms with Gasteiger partial charge in [-0.25, -0.2) is 0 Å². The SMILES string of the molecule is CC1(C)OB(C(=Cc2cccc(CO)n2)CN)OC1(C)C. The van der Waals surface area contributed by atoms with Gasteiger partial charge < -0.3 is 20.1 Å². The summed E-state index contributed by atoms with van der Waals surface area (Å²) in [6, 6.07) is 5.48. The van der Waals surface area contributed by atoms with Crippen LogP contribution >= 0.6 is 0 Å². The van der Waals surface area contributed by atoms with Gasteiger partial charge in [-0.3, -0.25) is 4.98 Å². The zero-order valence-electron chi connectivity index (χ0n) is 13.1. The fourth-order valence-electron chi connectivity index (χ4n) is 2.07. The van der Waals surface area contributed by atoms with Gasteiger partial charge in [-0.05, 0) is 51.4 Å². The number of rotatable bonds is 4. The summed E-state index contributed by atoms with van der Waals surface area (Å²) in [6.07, 6.45) is 1.86. The van der Waals surface area contributed by atoms with Crippen LogP contribution in [-0.2, 0) is 15.9 Å². The summed E-state index contributed by atoms with van der Waals surface area (Å²) in [5, 5.41) is 9.14. The van der Waals surface area contributed by atoms with Gasteiger partial charge in [0, 0.05) is 6.54 Å². The van der Waals surface area contributed by atoms with Crippen molar-refractivity contribution in [3.8, 4) is 0 Å². The van der Waals surface area contributed by atoms with Gasteiger partial charge in [0.15, 0.2) is 0 Å². The van der Waals surface area contributed by atoms with E-state index in [2.05, 4.69) is 4.98 Å². The van der Waals surface area contributed by atoms with E-state index in [0.29, 0.717) is 12.2 Å². The molecule has 1 aliphatic heterocycles. The quantitative estimate of drug-likeness (QED) is 0.823. The molecule has 3 N–H and O–H groups in total. The van der Waals surface area contributed by atoms with Gasteiger partial charge in [-0.2, -0.15) is 0 Å². The summed E-state index contributed by atoms with van der Waals surface area (Å²) in [5.41, 5.74) is 7.23. The molecule has 1 fully saturated rings. The second-order valence-electron chi connectivity index (χ2n) is 6.22. The summed E-state index contributed by atoms with van der Waals surface area (Å²) < 4.78 is 12.0. The Morgan fingerprint density at radius 3 is 2.43 bits per heavy atom. The zero-order chi connectivity index (χ0) is 15.7. The lowest BCUT2D eigenvalue weighted by Crippen LogP contribution is -2.41. The highest BCUT2D eigenvalue weighted by Gasteiger charge is 2.52. The molecule has 0 aromatic carbocycles. The molecule has 2 heterocycles. The molecule has 6 heteroatoms. The number of pyridine rings is 1. The molecule has 21 heavy (non-hydrogen) atoms. The summed E-state index contributed by atoms with van der Waals surface area (Å²) in [6.45, 7) is 8.26. The Morgan fingerprint density at radius 1 is 1.29 bits per heavy atom. The monoisotopic (exact) mass is 290 g/mol. The van der Waals surface area contributed by atoms with Gasteiger partial charge in [0.1, 0.15) is 0 Å².